The second kappa shape index (κ2) is 23.1. The van der Waals surface area contributed by atoms with E-state index >= 15 is 0 Å². The molecule has 14 nitrogen and oxygen atoms in total. The zero-order valence-corrected chi connectivity index (χ0v) is 24.6. The number of carboxylic acid groups (broad SMARTS) is 5. The van der Waals surface area contributed by atoms with Gasteiger partial charge in [-0.05, 0) is 24.1 Å². The normalized spacial score (nSPS) is 10.9. The van der Waals surface area contributed by atoms with Gasteiger partial charge in [-0.15, -0.1) is 49.6 Å². The second-order valence-corrected chi connectivity index (χ2v) is 8.23. The molecule has 0 fully saturated rings. The molecule has 40 heavy (non-hydrogen) atoms. The lowest BCUT2D eigenvalue weighted by Gasteiger charge is -2.34. The van der Waals surface area contributed by atoms with Gasteiger partial charge in [-0.3, -0.25) is 38.7 Å². The molecule has 1 aromatic rings. The summed E-state index contributed by atoms with van der Waals surface area (Å²) < 4.78 is 0. The van der Waals surface area contributed by atoms with E-state index in [0.717, 1.165) is 5.56 Å². The Hall–Kier alpha value is -2.59. The number of carboxylic acids is 5. The summed E-state index contributed by atoms with van der Waals surface area (Å²) in [6.07, 6.45) is -0.119. The number of halogens is 4. The van der Waals surface area contributed by atoms with Crippen molar-refractivity contribution in [2.45, 2.75) is 18.9 Å². The zero-order chi connectivity index (χ0) is 27.3. The molecular weight excluding hydrogens is 622 g/mol. The van der Waals surface area contributed by atoms with Gasteiger partial charge in [0.15, 0.2) is 0 Å². The maximum atomic E-state index is 11.5. The standard InChI is InChI=1S/C22H32N4O10.4ClH/c23-16-3-1-15(2-4-16)9-17(26(13-21(33)34)14-22(35)36)10-25(12-20(31)32)8-7-24(11-19(29)30)6-5-18(27)28;;;;/h1-4,17H,5-14,23H2,(H,27,28)(H,29,30)(H,31,32)(H,33,34)(H,35,36);4*1H. The highest BCUT2D eigenvalue weighted by atomic mass is 35.5. The molecule has 0 aliphatic rings. The number of nitrogens with zero attached hydrogens (tertiary/aromatic N) is 3. The van der Waals surface area contributed by atoms with E-state index in [9.17, 15) is 39.3 Å². The summed E-state index contributed by atoms with van der Waals surface area (Å²) in [5.41, 5.74) is 6.93. The fourth-order valence-electron chi connectivity index (χ4n) is 3.62. The third-order valence-electron chi connectivity index (χ3n) is 5.21. The van der Waals surface area contributed by atoms with Gasteiger partial charge in [0.1, 0.15) is 0 Å². The first-order chi connectivity index (χ1) is 16.8. The Balaban J connectivity index is -0.00000162. The molecule has 232 valence electrons. The second-order valence-electron chi connectivity index (χ2n) is 8.23. The summed E-state index contributed by atoms with van der Waals surface area (Å²) >= 11 is 0. The number of nitrogens with two attached hydrogens (primary N) is 1. The molecule has 7 N–H and O–H groups in total. The van der Waals surface area contributed by atoms with Crippen molar-refractivity contribution in [3.63, 3.8) is 0 Å². The Morgan fingerprint density at radius 3 is 1.48 bits per heavy atom. The smallest absolute Gasteiger partial charge is 0.317 e. The van der Waals surface area contributed by atoms with Gasteiger partial charge >= 0.3 is 29.8 Å². The first-order valence-electron chi connectivity index (χ1n) is 11.0. The van der Waals surface area contributed by atoms with E-state index in [0.29, 0.717) is 5.69 Å². The van der Waals surface area contributed by atoms with Crippen LogP contribution in [0.4, 0.5) is 5.69 Å². The topological polar surface area (TPSA) is 222 Å². The third-order valence-corrected chi connectivity index (χ3v) is 5.21. The van der Waals surface area contributed by atoms with Crippen molar-refractivity contribution in [3.8, 4) is 0 Å². The van der Waals surface area contributed by atoms with E-state index in [1.54, 1.807) is 24.3 Å². The zero-order valence-electron chi connectivity index (χ0n) is 21.3. The van der Waals surface area contributed by atoms with Crippen molar-refractivity contribution in [1.29, 1.82) is 0 Å². The van der Waals surface area contributed by atoms with Crippen molar-refractivity contribution < 1.29 is 49.5 Å². The minimum absolute atomic E-state index is 0. The molecule has 0 bridgehead atoms. The molecule has 0 aliphatic carbocycles. The average Bonchev–Trinajstić information content (AvgIpc) is 2.74. The maximum absolute atomic E-state index is 11.5. The average molecular weight is 658 g/mol. The maximum Gasteiger partial charge on any atom is 0.317 e. The lowest BCUT2D eigenvalue weighted by Crippen LogP contribution is -2.51. The molecule has 0 aromatic heterocycles. The van der Waals surface area contributed by atoms with E-state index in [-0.39, 0.29) is 88.6 Å². The van der Waals surface area contributed by atoms with E-state index in [2.05, 4.69) is 0 Å². The van der Waals surface area contributed by atoms with Crippen LogP contribution in [0.2, 0.25) is 0 Å². The van der Waals surface area contributed by atoms with Crippen molar-refractivity contribution in [2.75, 3.05) is 58.1 Å². The first kappa shape index (κ1) is 44.4. The van der Waals surface area contributed by atoms with Crippen LogP contribution in [0.5, 0.6) is 0 Å². The van der Waals surface area contributed by atoms with Crippen molar-refractivity contribution >= 4 is 85.2 Å². The predicted octanol–water partition coefficient (Wildman–Crippen LogP) is 0.586. The molecule has 1 atom stereocenters. The van der Waals surface area contributed by atoms with Gasteiger partial charge in [-0.2, -0.15) is 0 Å². The number of anilines is 1. The predicted molar refractivity (Wildman–Crippen MR) is 155 cm³/mol. The van der Waals surface area contributed by atoms with Crippen LogP contribution in [-0.4, -0.2) is 128 Å². The molecule has 1 unspecified atom stereocenters. The Bertz CT molecular complexity index is 911. The van der Waals surface area contributed by atoms with E-state index in [4.69, 9.17) is 15.9 Å². The highest BCUT2D eigenvalue weighted by Crippen LogP contribution is 2.14. The molecule has 0 saturated heterocycles. The van der Waals surface area contributed by atoms with Crippen molar-refractivity contribution in [2.24, 2.45) is 0 Å². The van der Waals surface area contributed by atoms with Gasteiger partial charge in [0, 0.05) is 37.9 Å². The van der Waals surface area contributed by atoms with Gasteiger partial charge in [-0.25, -0.2) is 0 Å². The molecule has 0 radical (unpaired) electrons. The number of rotatable bonds is 19. The number of benzene rings is 1. The molecule has 0 heterocycles. The Morgan fingerprint density at radius 2 is 1.05 bits per heavy atom. The van der Waals surface area contributed by atoms with Crippen LogP contribution in [0.1, 0.15) is 12.0 Å². The first-order valence-corrected chi connectivity index (χ1v) is 11.0. The molecule has 1 aromatic carbocycles. The number of aliphatic carboxylic acids is 5. The van der Waals surface area contributed by atoms with Gasteiger partial charge in [0.25, 0.3) is 0 Å². The Kier molecular flexibility index (Phi) is 25.7. The quantitative estimate of drug-likeness (QED) is 0.112. The largest absolute Gasteiger partial charge is 0.481 e. The molecule has 1 rings (SSSR count). The van der Waals surface area contributed by atoms with Crippen LogP contribution < -0.4 is 5.73 Å². The van der Waals surface area contributed by atoms with Crippen LogP contribution in [0.3, 0.4) is 0 Å². The van der Waals surface area contributed by atoms with Gasteiger partial charge in [-0.1, -0.05) is 12.1 Å². The summed E-state index contributed by atoms with van der Waals surface area (Å²) in [6, 6.07) is 5.93. The number of carbonyl (C=O) groups is 5. The number of hydrogen-bond acceptors (Lipinski definition) is 9. The summed E-state index contributed by atoms with van der Waals surface area (Å²) in [6.45, 7) is -2.20. The summed E-state index contributed by atoms with van der Waals surface area (Å²) in [7, 11) is 0. The van der Waals surface area contributed by atoms with Crippen LogP contribution in [-0.2, 0) is 30.4 Å². The number of nitrogen functional groups attached to an aromatic ring is 1. The monoisotopic (exact) mass is 656 g/mol. The van der Waals surface area contributed by atoms with Crippen LogP contribution in [0, 0.1) is 0 Å². The SMILES string of the molecule is Cl.Cl.Cl.Cl.Nc1ccc(CC(CN(CCN(CCC(=O)O)CC(=O)O)CC(=O)O)N(CC(=O)O)CC(=O)O)cc1. The fraction of sp³-hybridized carbons (Fsp3) is 0.500. The van der Waals surface area contributed by atoms with Gasteiger partial charge in [0.05, 0.1) is 32.6 Å². The number of hydrogen-bond donors (Lipinski definition) is 6. The summed E-state index contributed by atoms with van der Waals surface area (Å²) in [4.78, 5) is 60.4. The van der Waals surface area contributed by atoms with Crippen LogP contribution in [0.15, 0.2) is 24.3 Å². The van der Waals surface area contributed by atoms with Crippen LogP contribution in [0.25, 0.3) is 0 Å². The van der Waals surface area contributed by atoms with E-state index in [1.165, 1.54) is 14.7 Å². The minimum Gasteiger partial charge on any atom is -0.481 e. The lowest BCUT2D eigenvalue weighted by atomic mass is 10.0. The van der Waals surface area contributed by atoms with Crippen molar-refractivity contribution in [3.05, 3.63) is 29.8 Å². The molecule has 0 saturated carbocycles. The fourth-order valence-corrected chi connectivity index (χ4v) is 3.62. The van der Waals surface area contributed by atoms with Gasteiger partial charge in [0.2, 0.25) is 0 Å². The molecule has 0 aliphatic heterocycles. The Morgan fingerprint density at radius 1 is 0.625 bits per heavy atom. The van der Waals surface area contributed by atoms with Crippen molar-refractivity contribution in [1.82, 2.24) is 14.7 Å². The summed E-state index contributed by atoms with van der Waals surface area (Å²) in [5, 5.41) is 46.0. The van der Waals surface area contributed by atoms with Gasteiger partial charge < -0.3 is 31.3 Å². The molecule has 0 spiro atoms. The lowest BCUT2D eigenvalue weighted by molar-refractivity contribution is -0.144. The van der Waals surface area contributed by atoms with E-state index in [1.807, 2.05) is 0 Å². The highest BCUT2D eigenvalue weighted by Gasteiger charge is 2.27. The molecule has 18 heteroatoms. The highest BCUT2D eigenvalue weighted by molar-refractivity contribution is 5.86. The molecular formula is C22H36Cl4N4O10. The Labute approximate surface area is 255 Å². The molecule has 0 amide bonds. The third kappa shape index (κ3) is 20.3. The summed E-state index contributed by atoms with van der Waals surface area (Å²) in [5.74, 6) is -6.01. The van der Waals surface area contributed by atoms with Crippen LogP contribution >= 0.6 is 49.6 Å². The van der Waals surface area contributed by atoms with E-state index < -0.39 is 62.1 Å². The minimum atomic E-state index is -1.26.